The zero-order valence-corrected chi connectivity index (χ0v) is 58.1. The molecule has 102 heavy (non-hydrogen) atoms. The summed E-state index contributed by atoms with van der Waals surface area (Å²) in [6.45, 7) is 3.65. The van der Waals surface area contributed by atoms with Crippen LogP contribution in [0.5, 0.6) is 0 Å². The summed E-state index contributed by atoms with van der Waals surface area (Å²) >= 11 is 0. The second-order valence-corrected chi connectivity index (χ2v) is 25.6. The Morgan fingerprint density at radius 2 is 0.696 bits per heavy atom. The number of alkyl halides is 12. The van der Waals surface area contributed by atoms with Crippen LogP contribution in [0.15, 0.2) is 133 Å². The number of hydrogen-bond acceptors (Lipinski definition) is 15. The zero-order valence-electron chi connectivity index (χ0n) is 58.1. The molecule has 4 aromatic carbocycles. The van der Waals surface area contributed by atoms with E-state index in [4.69, 9.17) is 47.4 Å². The molecule has 0 radical (unpaired) electrons. The molecule has 0 N–H and O–H groups in total. The van der Waals surface area contributed by atoms with Gasteiger partial charge in [0.1, 0.15) is 30.5 Å². The minimum absolute atomic E-state index is 0.0180. The van der Waals surface area contributed by atoms with Crippen molar-refractivity contribution in [3.63, 3.8) is 0 Å². The smallest absolute Gasteiger partial charge is 0.432 e. The maximum Gasteiger partial charge on any atom is 0.432 e. The van der Waals surface area contributed by atoms with Gasteiger partial charge < -0.3 is 47.4 Å². The zero-order chi connectivity index (χ0) is 75.0. The van der Waals surface area contributed by atoms with Crippen LogP contribution in [0, 0.1) is 0 Å². The number of rotatable bonds is 42. The van der Waals surface area contributed by atoms with Crippen LogP contribution >= 0.6 is 0 Å². The van der Waals surface area contributed by atoms with Crippen molar-refractivity contribution in [2.45, 2.75) is 251 Å². The van der Waals surface area contributed by atoms with Crippen molar-refractivity contribution in [2.75, 3.05) is 28.4 Å². The van der Waals surface area contributed by atoms with Crippen molar-refractivity contribution in [3.8, 4) is 0 Å². The van der Waals surface area contributed by atoms with Crippen molar-refractivity contribution >= 4 is 29.8 Å². The number of esters is 5. The Labute approximate surface area is 586 Å². The summed E-state index contributed by atoms with van der Waals surface area (Å²) < 4.78 is 240. The standard InChI is InChI=1S/C75H92F12O15/c1-7-8-9-10-11-12-13-14-15-16-17-33-44-59(101-66(91)70(95-5,74(82,83)84)55-38-27-20-28-39-55)60-47-48-61(100-60)62(102-67(92)71(96-6,75(85,86)87)56-40-29-21-30-41-56)46-45-57(98-64(89)68(93-3,72(76,77)78)53-34-23-18-24-35-53)42-31-22-32-43-58(50-52-49-51(2)97-63(52)88)99-65(90)69(94-4,73(79,80)81)54-36-25-19-26-37-54/h18-21,23-30,34-41,49,51,57-62H,7-17,22,31-33,42-48,50H2,1-6H3/t51-,57+,58+,59-,60-,61+,62+,68-,69-,70-,71-/m0/s1. The van der Waals surface area contributed by atoms with E-state index < -0.39 is 168 Å². The van der Waals surface area contributed by atoms with E-state index in [2.05, 4.69) is 6.92 Å². The molecule has 0 saturated carbocycles. The largest absolute Gasteiger partial charge is 0.460 e. The molecule has 1 saturated heterocycles. The lowest BCUT2D eigenvalue weighted by atomic mass is 9.91. The molecular weight excluding hydrogens is 1370 g/mol. The lowest BCUT2D eigenvalue weighted by Gasteiger charge is -2.36. The van der Waals surface area contributed by atoms with Gasteiger partial charge in [0.05, 0.1) is 12.2 Å². The average molecular weight is 1460 g/mol. The van der Waals surface area contributed by atoms with Gasteiger partial charge in [-0.25, -0.2) is 24.0 Å². The van der Waals surface area contributed by atoms with Gasteiger partial charge in [-0.15, -0.1) is 0 Å². The normalized spacial score (nSPS) is 19.5. The molecule has 0 unspecified atom stereocenters. The third-order valence-electron chi connectivity index (χ3n) is 18.8. The molecular formula is C75H92F12O15. The number of unbranched alkanes of at least 4 members (excludes halogenated alkanes) is 13. The predicted octanol–water partition coefficient (Wildman–Crippen LogP) is 17.7. The molecule has 0 bridgehead atoms. The fourth-order valence-corrected chi connectivity index (χ4v) is 13.3. The van der Waals surface area contributed by atoms with E-state index in [1.54, 1.807) is 0 Å². The Balaban J connectivity index is 1.35. The Morgan fingerprint density at radius 1 is 0.402 bits per heavy atom. The number of halogens is 12. The molecule has 27 heteroatoms. The van der Waals surface area contributed by atoms with E-state index in [0.717, 1.165) is 106 Å². The predicted molar refractivity (Wildman–Crippen MR) is 348 cm³/mol. The molecule has 0 amide bonds. The first-order valence-electron chi connectivity index (χ1n) is 34.5. The molecule has 4 aromatic rings. The number of cyclic esters (lactones) is 1. The van der Waals surface area contributed by atoms with E-state index in [1.807, 2.05) is 0 Å². The molecule has 2 heterocycles. The van der Waals surface area contributed by atoms with Gasteiger partial charge in [-0.05, 0) is 77.2 Å². The van der Waals surface area contributed by atoms with Gasteiger partial charge >= 0.3 is 54.6 Å². The summed E-state index contributed by atoms with van der Waals surface area (Å²) in [7, 11) is 2.54. The Hall–Kier alpha value is -7.07. The summed E-state index contributed by atoms with van der Waals surface area (Å²) in [6, 6.07) is 23.1. The molecule has 15 nitrogen and oxygen atoms in total. The topological polar surface area (TPSA) is 178 Å². The van der Waals surface area contributed by atoms with Gasteiger partial charge in [0, 0.05) is 62.7 Å². The monoisotopic (exact) mass is 1460 g/mol. The Kier molecular flexibility index (Phi) is 31.3. The highest BCUT2D eigenvalue weighted by Crippen LogP contribution is 2.49. The first-order valence-corrected chi connectivity index (χ1v) is 34.5. The lowest BCUT2D eigenvalue weighted by Crippen LogP contribution is -2.54. The third-order valence-corrected chi connectivity index (χ3v) is 18.8. The van der Waals surface area contributed by atoms with Crippen LogP contribution in [-0.2, 0) is 93.7 Å². The van der Waals surface area contributed by atoms with Crippen molar-refractivity contribution in [3.05, 3.63) is 155 Å². The van der Waals surface area contributed by atoms with Crippen LogP contribution in [0.3, 0.4) is 0 Å². The SMILES string of the molecule is CCCCCCCCCCCCCC[C@H](OC(=O)[C@@](OC)(c1ccccc1)C(F)(F)F)[C@@H]1CC[C@H]([C@@H](CC[C@@H](CCCCC[C@H](CC2=C[C@H](C)OC2=O)OC(=O)[C@@](OC)(c2ccccc2)C(F)(F)F)OC(=O)[C@@](OC)(c2ccccc2)C(F)(F)F)OC(=O)[C@@](OC)(c2ccccc2)C(F)(F)F)O1. The van der Waals surface area contributed by atoms with Gasteiger partial charge in [-0.1, -0.05) is 205 Å². The second-order valence-electron chi connectivity index (χ2n) is 25.6. The van der Waals surface area contributed by atoms with Crippen molar-refractivity contribution in [2.24, 2.45) is 0 Å². The van der Waals surface area contributed by atoms with E-state index in [9.17, 15) is 24.0 Å². The van der Waals surface area contributed by atoms with Crippen LogP contribution < -0.4 is 0 Å². The summed E-state index contributed by atoms with van der Waals surface area (Å²) in [4.78, 5) is 70.4. The minimum atomic E-state index is -5.57. The van der Waals surface area contributed by atoms with Crippen molar-refractivity contribution in [1.82, 2.24) is 0 Å². The van der Waals surface area contributed by atoms with Crippen LogP contribution in [0.2, 0.25) is 0 Å². The number of benzene rings is 4. The quantitative estimate of drug-likeness (QED) is 0.0177. The molecule has 0 aliphatic carbocycles. The second kappa shape index (κ2) is 38.1. The van der Waals surface area contributed by atoms with Gasteiger partial charge in [0.25, 0.3) is 22.4 Å². The maximum atomic E-state index is 15.7. The van der Waals surface area contributed by atoms with Gasteiger partial charge in [0.2, 0.25) is 0 Å². The van der Waals surface area contributed by atoms with Crippen molar-refractivity contribution < 1.29 is 124 Å². The van der Waals surface area contributed by atoms with E-state index in [-0.39, 0.29) is 56.9 Å². The minimum Gasteiger partial charge on any atom is -0.460 e. The Morgan fingerprint density at radius 3 is 1.02 bits per heavy atom. The molecule has 1 fully saturated rings. The highest BCUT2D eigenvalue weighted by Gasteiger charge is 2.68. The molecule has 6 rings (SSSR count). The van der Waals surface area contributed by atoms with E-state index in [0.29, 0.717) is 41.3 Å². The average Bonchev–Trinajstić information content (AvgIpc) is 1.44. The fraction of sp³-hybridized carbons (Fsp3) is 0.587. The number of hydrogen-bond donors (Lipinski definition) is 0. The van der Waals surface area contributed by atoms with Gasteiger partial charge in [-0.3, -0.25) is 0 Å². The third kappa shape index (κ3) is 20.3. The first-order chi connectivity index (χ1) is 48.4. The maximum absolute atomic E-state index is 15.7. The highest BCUT2D eigenvalue weighted by atomic mass is 19.4. The molecule has 2 aliphatic rings. The lowest BCUT2D eigenvalue weighted by molar-refractivity contribution is -0.282. The number of ether oxygens (including phenoxy) is 10. The molecule has 0 aromatic heterocycles. The summed E-state index contributed by atoms with van der Waals surface area (Å²) in [5.74, 6) is -8.65. The van der Waals surface area contributed by atoms with Crippen LogP contribution in [-0.4, -0.2) is 126 Å². The van der Waals surface area contributed by atoms with E-state index >= 15 is 52.7 Å². The fourth-order valence-electron chi connectivity index (χ4n) is 13.3. The van der Waals surface area contributed by atoms with Crippen molar-refractivity contribution in [1.29, 1.82) is 0 Å². The van der Waals surface area contributed by atoms with Crippen LogP contribution in [0.25, 0.3) is 0 Å². The Bertz CT molecular complexity index is 3270. The summed E-state index contributed by atoms with van der Waals surface area (Å²) in [5.41, 5.74) is -17.8. The molecule has 566 valence electrons. The highest BCUT2D eigenvalue weighted by molar-refractivity contribution is 5.91. The molecule has 2 aliphatic heterocycles. The first kappa shape index (κ1) is 83.9. The number of methoxy groups -OCH3 is 4. The summed E-state index contributed by atoms with van der Waals surface area (Å²) in [5, 5.41) is 0. The van der Waals surface area contributed by atoms with Crippen LogP contribution in [0.1, 0.15) is 184 Å². The number of carbonyl (C=O) groups excluding carboxylic acids is 5. The van der Waals surface area contributed by atoms with E-state index in [1.165, 1.54) is 85.8 Å². The van der Waals surface area contributed by atoms with Gasteiger partial charge in [0.15, 0.2) is 0 Å². The van der Waals surface area contributed by atoms with Gasteiger partial charge in [-0.2, -0.15) is 52.7 Å². The summed E-state index contributed by atoms with van der Waals surface area (Å²) in [6.07, 6.45) is -22.9. The number of carbonyl (C=O) groups is 5. The van der Waals surface area contributed by atoms with Crippen LogP contribution in [0.4, 0.5) is 52.7 Å². The molecule has 0 spiro atoms. The molecule has 11 atom stereocenters.